The highest BCUT2D eigenvalue weighted by Gasteiger charge is 2.11. The summed E-state index contributed by atoms with van der Waals surface area (Å²) in [6.45, 7) is 3.69. The smallest absolute Gasteiger partial charge is 0.200 e. The molecule has 3 nitrogen and oxygen atoms in total. The van der Waals surface area contributed by atoms with Crippen LogP contribution in [-0.4, -0.2) is 12.6 Å². The second kappa shape index (κ2) is 12.2. The molecule has 0 spiro atoms. The quantitative estimate of drug-likeness (QED) is 0.300. The van der Waals surface area contributed by atoms with Gasteiger partial charge in [0.25, 0.3) is 0 Å². The molecule has 0 fully saturated rings. The van der Waals surface area contributed by atoms with E-state index in [2.05, 4.69) is 48.5 Å². The van der Waals surface area contributed by atoms with E-state index in [0.29, 0.717) is 0 Å². The normalized spacial score (nSPS) is 12.1. The third-order valence-electron chi connectivity index (χ3n) is 4.35. The molecule has 0 N–H and O–H groups in total. The van der Waals surface area contributed by atoms with E-state index in [1.54, 1.807) is 0 Å². The van der Waals surface area contributed by atoms with E-state index in [1.165, 1.54) is 11.1 Å². The number of rotatable bonds is 7. The molecule has 0 saturated carbocycles. The van der Waals surface area contributed by atoms with Gasteiger partial charge in [-0.1, -0.05) is 97.1 Å². The minimum Gasteiger partial charge on any atom is -0.465 e. The highest BCUT2D eigenvalue weighted by molar-refractivity contribution is 5.62. The second-order valence-electron chi connectivity index (χ2n) is 6.87. The van der Waals surface area contributed by atoms with Crippen LogP contribution in [-0.2, 0) is 4.74 Å². The van der Waals surface area contributed by atoms with Crippen LogP contribution in [0.3, 0.4) is 0 Å². The molecule has 0 radical (unpaired) electrons. The third-order valence-corrected chi connectivity index (χ3v) is 4.35. The third kappa shape index (κ3) is 8.00. The Morgan fingerprint density at radius 3 is 1.03 bits per heavy atom. The Hall–Kier alpha value is -3.56. The molecule has 0 amide bonds. The standard InChI is InChI=1S/C16H18O3.C12H10/c1-13(18-15-9-5-3-6-10-15)17-14(2)19-16-11-7-4-8-12-16;1-3-7-11(8-4-1)12-9-5-2-6-10-12/h3-14H,1-2H3;1-10H. The van der Waals surface area contributed by atoms with Crippen molar-refractivity contribution in [1.82, 2.24) is 0 Å². The van der Waals surface area contributed by atoms with Crippen LogP contribution in [0.1, 0.15) is 13.8 Å². The molecule has 4 rings (SSSR count). The zero-order valence-corrected chi connectivity index (χ0v) is 17.9. The first-order valence-corrected chi connectivity index (χ1v) is 10.4. The number of hydrogen-bond acceptors (Lipinski definition) is 3. The first-order valence-electron chi connectivity index (χ1n) is 10.4. The Bertz CT molecular complexity index is 891. The molecule has 0 aromatic heterocycles. The highest BCUT2D eigenvalue weighted by atomic mass is 16.8. The van der Waals surface area contributed by atoms with E-state index in [1.807, 2.05) is 86.6 Å². The van der Waals surface area contributed by atoms with Crippen molar-refractivity contribution in [3.05, 3.63) is 121 Å². The molecule has 4 aromatic rings. The van der Waals surface area contributed by atoms with E-state index < -0.39 is 0 Å². The molecule has 2 unspecified atom stereocenters. The number of benzene rings is 4. The molecule has 0 bridgehead atoms. The Labute approximate surface area is 184 Å². The molecule has 31 heavy (non-hydrogen) atoms. The Morgan fingerprint density at radius 1 is 0.419 bits per heavy atom. The van der Waals surface area contributed by atoms with Crippen LogP contribution in [0.25, 0.3) is 11.1 Å². The SMILES string of the molecule is CC(Oc1ccccc1)OC(C)Oc1ccccc1.c1ccc(-c2ccccc2)cc1. The van der Waals surface area contributed by atoms with E-state index in [9.17, 15) is 0 Å². The van der Waals surface area contributed by atoms with Crippen molar-refractivity contribution in [2.24, 2.45) is 0 Å². The molecule has 0 aliphatic carbocycles. The zero-order valence-electron chi connectivity index (χ0n) is 17.9. The van der Waals surface area contributed by atoms with Crippen LogP contribution in [0.4, 0.5) is 0 Å². The van der Waals surface area contributed by atoms with Crippen molar-refractivity contribution in [3.8, 4) is 22.6 Å². The predicted octanol–water partition coefficient (Wildman–Crippen LogP) is 7.21. The summed E-state index contributed by atoms with van der Waals surface area (Å²) in [7, 11) is 0. The Kier molecular flexibility index (Phi) is 8.72. The van der Waals surface area contributed by atoms with Gasteiger partial charge in [0.05, 0.1) is 0 Å². The minimum absolute atomic E-state index is 0.374. The van der Waals surface area contributed by atoms with Gasteiger partial charge in [-0.25, -0.2) is 0 Å². The Balaban J connectivity index is 0.000000194. The van der Waals surface area contributed by atoms with Crippen molar-refractivity contribution in [1.29, 1.82) is 0 Å². The van der Waals surface area contributed by atoms with Gasteiger partial charge < -0.3 is 14.2 Å². The average Bonchev–Trinajstić information content (AvgIpc) is 2.82. The van der Waals surface area contributed by atoms with Crippen molar-refractivity contribution in [3.63, 3.8) is 0 Å². The maximum atomic E-state index is 5.62. The number of ether oxygens (including phenoxy) is 3. The lowest BCUT2D eigenvalue weighted by Gasteiger charge is -2.21. The lowest BCUT2D eigenvalue weighted by atomic mass is 10.1. The number of hydrogen-bond donors (Lipinski definition) is 0. The maximum absolute atomic E-state index is 5.62. The van der Waals surface area contributed by atoms with Crippen LogP contribution in [0.15, 0.2) is 121 Å². The highest BCUT2D eigenvalue weighted by Crippen LogP contribution is 2.17. The molecule has 2 atom stereocenters. The summed E-state index contributed by atoms with van der Waals surface area (Å²) >= 11 is 0. The zero-order chi connectivity index (χ0) is 21.7. The largest absolute Gasteiger partial charge is 0.465 e. The summed E-state index contributed by atoms with van der Waals surface area (Å²) in [5.41, 5.74) is 2.55. The monoisotopic (exact) mass is 412 g/mol. The lowest BCUT2D eigenvalue weighted by Crippen LogP contribution is -2.26. The van der Waals surface area contributed by atoms with Gasteiger partial charge in [-0.2, -0.15) is 0 Å². The molecule has 0 aliphatic rings. The summed E-state index contributed by atoms with van der Waals surface area (Å²) in [4.78, 5) is 0. The summed E-state index contributed by atoms with van der Waals surface area (Å²) in [6, 6.07) is 39.9. The molecular formula is C28H28O3. The summed E-state index contributed by atoms with van der Waals surface area (Å²) < 4.78 is 16.9. The van der Waals surface area contributed by atoms with E-state index >= 15 is 0 Å². The van der Waals surface area contributed by atoms with Crippen LogP contribution in [0.5, 0.6) is 11.5 Å². The topological polar surface area (TPSA) is 27.7 Å². The van der Waals surface area contributed by atoms with Crippen molar-refractivity contribution in [2.75, 3.05) is 0 Å². The van der Waals surface area contributed by atoms with Crippen LogP contribution in [0.2, 0.25) is 0 Å². The van der Waals surface area contributed by atoms with Crippen LogP contribution in [0, 0.1) is 0 Å². The van der Waals surface area contributed by atoms with Crippen molar-refractivity contribution in [2.45, 2.75) is 26.4 Å². The fourth-order valence-corrected chi connectivity index (χ4v) is 2.97. The molecule has 0 heterocycles. The minimum atomic E-state index is -0.374. The first-order chi connectivity index (χ1) is 15.2. The molecule has 158 valence electrons. The van der Waals surface area contributed by atoms with Gasteiger partial charge in [-0.15, -0.1) is 0 Å². The summed E-state index contributed by atoms with van der Waals surface area (Å²) in [5, 5.41) is 0. The molecule has 4 aromatic carbocycles. The maximum Gasteiger partial charge on any atom is 0.200 e. The van der Waals surface area contributed by atoms with Gasteiger partial charge >= 0.3 is 0 Å². The molecular weight excluding hydrogens is 384 g/mol. The fourth-order valence-electron chi connectivity index (χ4n) is 2.97. The fraction of sp³-hybridized carbons (Fsp3) is 0.143. The van der Waals surface area contributed by atoms with Gasteiger partial charge in [-0.05, 0) is 49.2 Å². The molecule has 0 saturated heterocycles. The van der Waals surface area contributed by atoms with Gasteiger partial charge in [0.1, 0.15) is 11.5 Å². The first kappa shape index (κ1) is 22.1. The molecule has 3 heteroatoms. The van der Waals surface area contributed by atoms with Gasteiger partial charge in [-0.3, -0.25) is 0 Å². The van der Waals surface area contributed by atoms with Crippen LogP contribution >= 0.6 is 0 Å². The van der Waals surface area contributed by atoms with Crippen molar-refractivity contribution < 1.29 is 14.2 Å². The molecule has 0 aliphatic heterocycles. The summed E-state index contributed by atoms with van der Waals surface area (Å²) in [5.74, 6) is 1.56. The Morgan fingerprint density at radius 2 is 0.710 bits per heavy atom. The van der Waals surface area contributed by atoms with Gasteiger partial charge in [0, 0.05) is 0 Å². The van der Waals surface area contributed by atoms with E-state index in [0.717, 1.165) is 11.5 Å². The van der Waals surface area contributed by atoms with Crippen molar-refractivity contribution >= 4 is 0 Å². The predicted molar refractivity (Wildman–Crippen MR) is 126 cm³/mol. The second-order valence-corrected chi connectivity index (χ2v) is 6.87. The van der Waals surface area contributed by atoms with E-state index in [4.69, 9.17) is 14.2 Å². The van der Waals surface area contributed by atoms with Crippen LogP contribution < -0.4 is 9.47 Å². The number of para-hydroxylation sites is 2. The average molecular weight is 413 g/mol. The van der Waals surface area contributed by atoms with Gasteiger partial charge in [0.2, 0.25) is 12.6 Å². The van der Waals surface area contributed by atoms with E-state index in [-0.39, 0.29) is 12.6 Å². The lowest BCUT2D eigenvalue weighted by molar-refractivity contribution is -0.167. The van der Waals surface area contributed by atoms with Gasteiger partial charge in [0.15, 0.2) is 0 Å². The summed E-state index contributed by atoms with van der Waals surface area (Å²) in [6.07, 6.45) is -0.748.